The number of sulfonamides is 1. The van der Waals surface area contributed by atoms with Crippen LogP contribution in [0.1, 0.15) is 28.8 Å². The average Bonchev–Trinajstić information content (AvgIpc) is 3.33. The molecule has 1 aliphatic carbocycles. The summed E-state index contributed by atoms with van der Waals surface area (Å²) in [6, 6.07) is 8.42. The molecule has 29 heavy (non-hydrogen) atoms. The van der Waals surface area contributed by atoms with Gasteiger partial charge in [0.05, 0.1) is 0 Å². The van der Waals surface area contributed by atoms with Gasteiger partial charge in [-0.3, -0.25) is 4.79 Å². The molecule has 0 unspecified atom stereocenters. The van der Waals surface area contributed by atoms with Crippen LogP contribution in [0.15, 0.2) is 59.9 Å². The number of carbonyl (C=O) groups is 1. The van der Waals surface area contributed by atoms with Crippen molar-refractivity contribution in [1.29, 1.82) is 0 Å². The second-order valence-electron chi connectivity index (χ2n) is 6.70. The van der Waals surface area contributed by atoms with Crippen LogP contribution in [0.5, 0.6) is 0 Å². The molecule has 1 saturated carbocycles. The highest BCUT2D eigenvalue weighted by Gasteiger charge is 2.30. The number of carbonyl (C=O) groups excluding carboxylic acids is 1. The number of amides is 1. The monoisotopic (exact) mass is 415 g/mol. The normalized spacial score (nSPS) is 14.0. The van der Waals surface area contributed by atoms with Crippen molar-refractivity contribution in [3.63, 3.8) is 0 Å². The maximum absolute atomic E-state index is 14.1. The lowest BCUT2D eigenvalue weighted by Crippen LogP contribution is -2.28. The summed E-state index contributed by atoms with van der Waals surface area (Å²) in [5.41, 5.74) is 0.841. The van der Waals surface area contributed by atoms with Crippen LogP contribution in [0.2, 0.25) is 0 Å². The van der Waals surface area contributed by atoms with Gasteiger partial charge in [-0.1, -0.05) is 0 Å². The summed E-state index contributed by atoms with van der Waals surface area (Å²) in [5, 5.41) is 6.81. The molecule has 3 aromatic rings. The molecule has 0 bridgehead atoms. The first kappa shape index (κ1) is 19.2. The molecule has 1 fully saturated rings. The smallest absolute Gasteiger partial charge is 0.251 e. The summed E-state index contributed by atoms with van der Waals surface area (Å²) >= 11 is 0. The number of nitrogens with zero attached hydrogens (tertiary/aromatic N) is 3. The number of rotatable bonds is 7. The predicted octanol–water partition coefficient (Wildman–Crippen LogP) is 1.78. The highest BCUT2D eigenvalue weighted by atomic mass is 32.2. The summed E-state index contributed by atoms with van der Waals surface area (Å²) in [7, 11) is -4.00. The largest absolute Gasteiger partial charge is 0.348 e. The molecule has 2 heterocycles. The Morgan fingerprint density at radius 1 is 1.21 bits per heavy atom. The van der Waals surface area contributed by atoms with E-state index in [2.05, 4.69) is 20.1 Å². The molecule has 4 rings (SSSR count). The van der Waals surface area contributed by atoms with Crippen molar-refractivity contribution >= 4 is 15.9 Å². The molecular weight excluding hydrogens is 397 g/mol. The third-order valence-electron chi connectivity index (χ3n) is 4.38. The molecule has 1 aliphatic rings. The zero-order valence-corrected chi connectivity index (χ0v) is 16.1. The van der Waals surface area contributed by atoms with Crippen molar-refractivity contribution in [1.82, 2.24) is 24.8 Å². The first-order chi connectivity index (χ1) is 13.9. The predicted molar refractivity (Wildman–Crippen MR) is 102 cm³/mol. The molecule has 150 valence electrons. The maximum atomic E-state index is 14.1. The van der Waals surface area contributed by atoms with E-state index in [1.165, 1.54) is 6.07 Å². The van der Waals surface area contributed by atoms with Crippen LogP contribution in [0.25, 0.3) is 5.82 Å². The van der Waals surface area contributed by atoms with Gasteiger partial charge in [-0.2, -0.15) is 5.10 Å². The minimum atomic E-state index is -4.00. The molecule has 1 aromatic carbocycles. The highest BCUT2D eigenvalue weighted by Crippen LogP contribution is 2.24. The minimum absolute atomic E-state index is 0.0592. The van der Waals surface area contributed by atoms with E-state index in [1.54, 1.807) is 41.5 Å². The van der Waals surface area contributed by atoms with Gasteiger partial charge in [0.15, 0.2) is 5.82 Å². The van der Waals surface area contributed by atoms with E-state index < -0.39 is 26.6 Å². The zero-order chi connectivity index (χ0) is 20.4. The molecule has 1 amide bonds. The van der Waals surface area contributed by atoms with Crippen molar-refractivity contribution in [2.45, 2.75) is 30.3 Å². The third kappa shape index (κ3) is 4.49. The fourth-order valence-corrected chi connectivity index (χ4v) is 4.13. The van der Waals surface area contributed by atoms with E-state index in [9.17, 15) is 17.6 Å². The summed E-state index contributed by atoms with van der Waals surface area (Å²) < 4.78 is 42.7. The number of hydrogen-bond donors (Lipinski definition) is 2. The number of benzene rings is 1. The quantitative estimate of drug-likeness (QED) is 0.612. The molecule has 0 atom stereocenters. The Hall–Kier alpha value is -3.11. The molecule has 0 radical (unpaired) electrons. The van der Waals surface area contributed by atoms with Gasteiger partial charge in [0, 0.05) is 36.7 Å². The van der Waals surface area contributed by atoms with Crippen LogP contribution >= 0.6 is 0 Å². The molecule has 0 aliphatic heterocycles. The highest BCUT2D eigenvalue weighted by molar-refractivity contribution is 7.89. The van der Waals surface area contributed by atoms with Crippen molar-refractivity contribution in [3.8, 4) is 5.82 Å². The Morgan fingerprint density at radius 3 is 2.76 bits per heavy atom. The van der Waals surface area contributed by atoms with Crippen LogP contribution in [0, 0.1) is 5.82 Å². The van der Waals surface area contributed by atoms with Gasteiger partial charge in [0.2, 0.25) is 10.0 Å². The number of pyridine rings is 1. The lowest BCUT2D eigenvalue weighted by Gasteiger charge is -2.10. The van der Waals surface area contributed by atoms with Crippen LogP contribution in [0.3, 0.4) is 0 Å². The molecule has 2 N–H and O–H groups in total. The summed E-state index contributed by atoms with van der Waals surface area (Å²) in [6.45, 7) is 0.190. The number of nitrogens with one attached hydrogen (secondary N) is 2. The van der Waals surface area contributed by atoms with E-state index in [4.69, 9.17) is 0 Å². The van der Waals surface area contributed by atoms with Gasteiger partial charge in [-0.05, 0) is 54.8 Å². The van der Waals surface area contributed by atoms with E-state index in [1.807, 2.05) is 0 Å². The first-order valence-corrected chi connectivity index (χ1v) is 10.5. The molecule has 0 saturated heterocycles. The van der Waals surface area contributed by atoms with Gasteiger partial charge in [0.25, 0.3) is 5.91 Å². The Balaban J connectivity index is 1.48. The lowest BCUT2D eigenvalue weighted by molar-refractivity contribution is 0.0950. The number of halogens is 1. The van der Waals surface area contributed by atoms with Crippen LogP contribution < -0.4 is 10.0 Å². The van der Waals surface area contributed by atoms with Gasteiger partial charge < -0.3 is 5.32 Å². The standard InChI is InChI=1S/C19H18FN5O3S/c20-16-5-2-14(11-17(16)29(27,28)24-15-3-4-15)19(26)22-12-13-6-8-21-18(10-13)25-9-1-7-23-25/h1-2,5-11,15,24H,3-4,12H2,(H,22,26). The Kier molecular flexibility index (Phi) is 5.12. The Labute approximate surface area is 166 Å². The summed E-state index contributed by atoms with van der Waals surface area (Å²) in [5.74, 6) is -0.805. The number of aromatic nitrogens is 3. The fraction of sp³-hybridized carbons (Fsp3) is 0.211. The maximum Gasteiger partial charge on any atom is 0.251 e. The molecule has 2 aromatic heterocycles. The Morgan fingerprint density at radius 2 is 2.03 bits per heavy atom. The lowest BCUT2D eigenvalue weighted by atomic mass is 10.2. The Bertz CT molecular complexity index is 1140. The topological polar surface area (TPSA) is 106 Å². The van der Waals surface area contributed by atoms with E-state index in [0.29, 0.717) is 5.82 Å². The van der Waals surface area contributed by atoms with Crippen LogP contribution in [-0.4, -0.2) is 35.1 Å². The van der Waals surface area contributed by atoms with E-state index in [-0.39, 0.29) is 18.2 Å². The molecular formula is C19H18FN5O3S. The fourth-order valence-electron chi connectivity index (χ4n) is 2.72. The third-order valence-corrected chi connectivity index (χ3v) is 5.92. The summed E-state index contributed by atoms with van der Waals surface area (Å²) in [6.07, 6.45) is 6.45. The van der Waals surface area contributed by atoms with Gasteiger partial charge >= 0.3 is 0 Å². The van der Waals surface area contributed by atoms with E-state index in [0.717, 1.165) is 30.5 Å². The van der Waals surface area contributed by atoms with Gasteiger partial charge in [-0.15, -0.1) is 0 Å². The second-order valence-corrected chi connectivity index (χ2v) is 8.38. The summed E-state index contributed by atoms with van der Waals surface area (Å²) in [4.78, 5) is 16.2. The van der Waals surface area contributed by atoms with Gasteiger partial charge in [0.1, 0.15) is 10.7 Å². The average molecular weight is 415 g/mol. The molecule has 0 spiro atoms. The van der Waals surface area contributed by atoms with Crippen molar-refractivity contribution in [2.75, 3.05) is 0 Å². The number of hydrogen-bond acceptors (Lipinski definition) is 5. The van der Waals surface area contributed by atoms with Crippen molar-refractivity contribution < 1.29 is 17.6 Å². The van der Waals surface area contributed by atoms with Crippen LogP contribution in [0.4, 0.5) is 4.39 Å². The second kappa shape index (κ2) is 7.72. The SMILES string of the molecule is O=C(NCc1ccnc(-n2cccn2)c1)c1ccc(F)c(S(=O)(=O)NC2CC2)c1. The molecule has 8 nitrogen and oxygen atoms in total. The minimum Gasteiger partial charge on any atom is -0.348 e. The van der Waals surface area contributed by atoms with E-state index >= 15 is 0 Å². The van der Waals surface area contributed by atoms with Crippen molar-refractivity contribution in [3.05, 3.63) is 71.9 Å². The zero-order valence-electron chi connectivity index (χ0n) is 15.2. The van der Waals surface area contributed by atoms with Gasteiger partial charge in [-0.25, -0.2) is 27.2 Å². The van der Waals surface area contributed by atoms with Crippen LogP contribution in [-0.2, 0) is 16.6 Å². The van der Waals surface area contributed by atoms with Crippen molar-refractivity contribution in [2.24, 2.45) is 0 Å². The first-order valence-electron chi connectivity index (χ1n) is 8.97. The molecule has 10 heteroatoms.